The van der Waals surface area contributed by atoms with Gasteiger partial charge in [-0.1, -0.05) is 184 Å². The van der Waals surface area contributed by atoms with Crippen LogP contribution in [0.5, 0.6) is 0 Å². The Kier molecular flexibility index (Phi) is 7.55. The van der Waals surface area contributed by atoms with Crippen molar-refractivity contribution in [2.75, 3.05) is 0 Å². The summed E-state index contributed by atoms with van der Waals surface area (Å²) in [5, 5.41) is 7.30. The van der Waals surface area contributed by atoms with Crippen molar-refractivity contribution in [1.82, 2.24) is 9.97 Å². The Bertz CT molecular complexity index is 3140. The highest BCUT2D eigenvalue weighted by Gasteiger charge is 2.37. The van der Waals surface area contributed by atoms with Gasteiger partial charge in [-0.05, 0) is 101 Å². The topological polar surface area (TPSA) is 25.8 Å². The van der Waals surface area contributed by atoms with Gasteiger partial charge in [-0.25, -0.2) is 9.97 Å². The van der Waals surface area contributed by atoms with Crippen LogP contribution < -0.4 is 0 Å². The van der Waals surface area contributed by atoms with Crippen molar-refractivity contribution in [1.29, 1.82) is 0 Å². The molecular formula is C55H38N2. The van der Waals surface area contributed by atoms with Crippen molar-refractivity contribution in [3.63, 3.8) is 0 Å². The fourth-order valence-electron chi connectivity index (χ4n) is 9.30. The third kappa shape index (κ3) is 5.33. The Hall–Kier alpha value is -7.16. The maximum absolute atomic E-state index is 5.41. The van der Waals surface area contributed by atoms with E-state index in [1.54, 1.807) is 0 Å². The monoisotopic (exact) mass is 726 g/mol. The number of hydrogen-bond acceptors (Lipinski definition) is 2. The molecule has 0 fully saturated rings. The van der Waals surface area contributed by atoms with E-state index < -0.39 is 0 Å². The van der Waals surface area contributed by atoms with Crippen molar-refractivity contribution in [3.8, 4) is 67.3 Å². The predicted octanol–water partition coefficient (Wildman–Crippen LogP) is 14.6. The van der Waals surface area contributed by atoms with E-state index in [9.17, 15) is 0 Å². The largest absolute Gasteiger partial charge is 0.228 e. The molecule has 1 aliphatic carbocycles. The quantitative estimate of drug-likeness (QED) is 0.165. The van der Waals surface area contributed by atoms with Crippen LogP contribution in [0.25, 0.3) is 99.6 Å². The van der Waals surface area contributed by atoms with Crippen LogP contribution in [-0.2, 0) is 5.41 Å². The van der Waals surface area contributed by atoms with Gasteiger partial charge in [0.2, 0.25) is 0 Å². The van der Waals surface area contributed by atoms with E-state index in [1.807, 2.05) is 6.07 Å². The molecule has 9 aromatic carbocycles. The second-order valence-electron chi connectivity index (χ2n) is 15.7. The summed E-state index contributed by atoms with van der Waals surface area (Å²) in [5.74, 6) is 0.706. The molecule has 268 valence electrons. The zero-order valence-electron chi connectivity index (χ0n) is 31.9. The first-order chi connectivity index (χ1) is 28.0. The first kappa shape index (κ1) is 33.2. The minimum Gasteiger partial charge on any atom is -0.228 e. The van der Waals surface area contributed by atoms with Crippen LogP contribution in [0.2, 0.25) is 0 Å². The van der Waals surface area contributed by atoms with Crippen molar-refractivity contribution in [3.05, 3.63) is 205 Å². The summed E-state index contributed by atoms with van der Waals surface area (Å²) in [6.45, 7) is 4.75. The van der Waals surface area contributed by atoms with Gasteiger partial charge in [0.25, 0.3) is 0 Å². The van der Waals surface area contributed by atoms with Gasteiger partial charge < -0.3 is 0 Å². The van der Waals surface area contributed by atoms with Crippen molar-refractivity contribution < 1.29 is 0 Å². The molecule has 0 bridgehead atoms. The number of aromatic nitrogens is 2. The van der Waals surface area contributed by atoms with Gasteiger partial charge in [0.05, 0.1) is 11.4 Å². The first-order valence-corrected chi connectivity index (χ1v) is 19.7. The molecular weight excluding hydrogens is 689 g/mol. The summed E-state index contributed by atoms with van der Waals surface area (Å²) >= 11 is 0. The average Bonchev–Trinajstić information content (AvgIpc) is 3.50. The van der Waals surface area contributed by atoms with Crippen LogP contribution >= 0.6 is 0 Å². The molecule has 0 spiro atoms. The van der Waals surface area contributed by atoms with E-state index in [2.05, 4.69) is 202 Å². The van der Waals surface area contributed by atoms with Crippen molar-refractivity contribution >= 4 is 32.3 Å². The van der Waals surface area contributed by atoms with E-state index in [1.165, 1.54) is 71.3 Å². The lowest BCUT2D eigenvalue weighted by atomic mass is 9.80. The molecule has 11 rings (SSSR count). The molecule has 0 atom stereocenters. The summed E-state index contributed by atoms with van der Waals surface area (Å²) in [5.41, 5.74) is 15.1. The fourth-order valence-corrected chi connectivity index (χ4v) is 9.30. The maximum Gasteiger partial charge on any atom is 0.160 e. The third-order valence-electron chi connectivity index (χ3n) is 12.0. The van der Waals surface area contributed by atoms with Crippen LogP contribution in [0.15, 0.2) is 194 Å². The number of rotatable bonds is 5. The number of fused-ring (bicyclic) bond motifs is 6. The molecule has 0 N–H and O–H groups in total. The van der Waals surface area contributed by atoms with Gasteiger partial charge in [-0.15, -0.1) is 0 Å². The summed E-state index contributed by atoms with van der Waals surface area (Å²) in [4.78, 5) is 10.7. The zero-order valence-corrected chi connectivity index (χ0v) is 31.9. The van der Waals surface area contributed by atoms with E-state index >= 15 is 0 Å². The molecule has 57 heavy (non-hydrogen) atoms. The molecule has 0 aliphatic heterocycles. The molecule has 1 heterocycles. The van der Waals surface area contributed by atoms with Crippen LogP contribution in [0.4, 0.5) is 0 Å². The molecule has 0 unspecified atom stereocenters. The normalized spacial score (nSPS) is 12.9. The third-order valence-corrected chi connectivity index (χ3v) is 12.0. The van der Waals surface area contributed by atoms with Gasteiger partial charge in [-0.3, -0.25) is 0 Å². The Morgan fingerprint density at radius 3 is 1.54 bits per heavy atom. The highest BCUT2D eigenvalue weighted by Crippen LogP contribution is 2.55. The fraction of sp³-hybridized carbons (Fsp3) is 0.0545. The van der Waals surface area contributed by atoms with E-state index in [0.717, 1.165) is 33.6 Å². The summed E-state index contributed by atoms with van der Waals surface area (Å²) in [6, 6.07) is 70.1. The number of nitrogens with zero attached hydrogens (tertiary/aromatic N) is 2. The zero-order chi connectivity index (χ0) is 38.1. The Morgan fingerprint density at radius 2 is 0.860 bits per heavy atom. The minimum absolute atomic E-state index is 0.140. The summed E-state index contributed by atoms with van der Waals surface area (Å²) < 4.78 is 0. The smallest absolute Gasteiger partial charge is 0.160 e. The molecule has 0 saturated carbocycles. The van der Waals surface area contributed by atoms with Crippen LogP contribution in [0.3, 0.4) is 0 Å². The van der Waals surface area contributed by atoms with E-state index in [0.29, 0.717) is 5.82 Å². The molecule has 1 aromatic heterocycles. The summed E-state index contributed by atoms with van der Waals surface area (Å²) in [7, 11) is 0. The van der Waals surface area contributed by atoms with Gasteiger partial charge >= 0.3 is 0 Å². The van der Waals surface area contributed by atoms with E-state index in [-0.39, 0.29) is 5.41 Å². The Balaban J connectivity index is 1.19. The highest BCUT2D eigenvalue weighted by molar-refractivity contribution is 6.22. The maximum atomic E-state index is 5.41. The van der Waals surface area contributed by atoms with Crippen LogP contribution in [-0.4, -0.2) is 9.97 Å². The lowest BCUT2D eigenvalue weighted by molar-refractivity contribution is 0.661. The summed E-state index contributed by atoms with van der Waals surface area (Å²) in [6.07, 6.45) is 0. The number of hydrogen-bond donors (Lipinski definition) is 0. The minimum atomic E-state index is -0.140. The van der Waals surface area contributed by atoms with Crippen molar-refractivity contribution in [2.24, 2.45) is 0 Å². The molecule has 2 heteroatoms. The van der Waals surface area contributed by atoms with Gasteiger partial charge in [0.1, 0.15) is 0 Å². The molecule has 0 saturated heterocycles. The molecule has 0 amide bonds. The Morgan fingerprint density at radius 1 is 0.333 bits per heavy atom. The second-order valence-corrected chi connectivity index (χ2v) is 15.7. The van der Waals surface area contributed by atoms with Crippen LogP contribution in [0.1, 0.15) is 25.0 Å². The van der Waals surface area contributed by atoms with Crippen molar-refractivity contribution in [2.45, 2.75) is 19.3 Å². The standard InChI is InChI=1S/C55H38N2/c1-55(2)47-30-16-29-45(52(47)46-32-38-21-9-10-22-39(38)33-48(46)55)51-41-25-11-13-27-43(41)53(44-28-14-12-26-42(44)51)50-34-49(56-54(57-50)36-19-7-4-8-20-36)40-24-15-23-37(31-40)35-17-5-3-6-18-35/h3-34H,1-2H3. The highest BCUT2D eigenvalue weighted by atomic mass is 14.9. The molecule has 1 aliphatic rings. The molecule has 0 radical (unpaired) electrons. The Labute approximate surface area is 332 Å². The first-order valence-electron chi connectivity index (χ1n) is 19.7. The lowest BCUT2D eigenvalue weighted by Crippen LogP contribution is -2.14. The molecule has 10 aromatic rings. The average molecular weight is 727 g/mol. The second kappa shape index (κ2) is 13.0. The van der Waals surface area contributed by atoms with Crippen LogP contribution in [0, 0.1) is 0 Å². The molecule has 2 nitrogen and oxygen atoms in total. The van der Waals surface area contributed by atoms with E-state index in [4.69, 9.17) is 9.97 Å². The SMILES string of the molecule is CC1(C)c2cc3ccccc3cc2-c2c(-c3c4ccccc4c(-c4cc(-c5cccc(-c6ccccc6)c5)nc(-c5ccccc5)n4)c4ccccc34)cccc21. The number of benzene rings is 9. The van der Waals surface area contributed by atoms with Gasteiger partial charge in [-0.2, -0.15) is 0 Å². The predicted molar refractivity (Wildman–Crippen MR) is 239 cm³/mol. The van der Waals surface area contributed by atoms with Gasteiger partial charge in [0, 0.05) is 22.1 Å². The lowest BCUT2D eigenvalue weighted by Gasteiger charge is -2.23. The van der Waals surface area contributed by atoms with Gasteiger partial charge in [0.15, 0.2) is 5.82 Å².